The molecule has 4 aromatic carbocycles. The Morgan fingerprint density at radius 2 is 1.37 bits per heavy atom. The van der Waals surface area contributed by atoms with E-state index in [-0.39, 0.29) is 5.91 Å². The summed E-state index contributed by atoms with van der Waals surface area (Å²) in [5, 5.41) is 0.692. The van der Waals surface area contributed by atoms with E-state index in [0.29, 0.717) is 35.3 Å². The molecule has 2 N–H and O–H groups in total. The summed E-state index contributed by atoms with van der Waals surface area (Å²) in [7, 11) is 0. The number of para-hydroxylation sites is 1. The molecule has 4 rings (SSSR count). The van der Waals surface area contributed by atoms with Gasteiger partial charge in [-0.05, 0) is 85.5 Å². The van der Waals surface area contributed by atoms with Crippen molar-refractivity contribution in [3.63, 3.8) is 0 Å². The molecule has 0 aliphatic heterocycles. The van der Waals surface area contributed by atoms with E-state index in [1.54, 1.807) is 17.0 Å². The van der Waals surface area contributed by atoms with Crippen LogP contribution in [0.25, 0.3) is 0 Å². The molecule has 0 aliphatic rings. The van der Waals surface area contributed by atoms with Gasteiger partial charge >= 0.3 is 0 Å². The summed E-state index contributed by atoms with van der Waals surface area (Å²) >= 11 is 5.92. The zero-order valence-corrected chi connectivity index (χ0v) is 23.0. The van der Waals surface area contributed by atoms with Crippen LogP contribution in [-0.4, -0.2) is 23.9 Å². The van der Waals surface area contributed by atoms with Gasteiger partial charge in [-0.2, -0.15) is 0 Å². The lowest BCUT2D eigenvalue weighted by Gasteiger charge is -2.21. The summed E-state index contributed by atoms with van der Waals surface area (Å²) in [5.41, 5.74) is 8.72. The Balaban J connectivity index is 0.000000279. The van der Waals surface area contributed by atoms with Crippen LogP contribution in [0, 0.1) is 5.92 Å². The first kappa shape index (κ1) is 29.0. The first-order chi connectivity index (χ1) is 18.5. The molecule has 0 heterocycles. The van der Waals surface area contributed by atoms with Gasteiger partial charge in [-0.15, -0.1) is 0 Å². The molecule has 0 saturated heterocycles. The van der Waals surface area contributed by atoms with Crippen molar-refractivity contribution < 1.29 is 9.53 Å². The van der Waals surface area contributed by atoms with E-state index in [9.17, 15) is 4.79 Å². The Morgan fingerprint density at radius 3 is 1.92 bits per heavy atom. The predicted octanol–water partition coefficient (Wildman–Crippen LogP) is 8.01. The molecule has 4 nitrogen and oxygen atoms in total. The van der Waals surface area contributed by atoms with Crippen molar-refractivity contribution in [2.45, 2.75) is 33.2 Å². The summed E-state index contributed by atoms with van der Waals surface area (Å²) in [6.07, 6.45) is 2.29. The van der Waals surface area contributed by atoms with Crippen molar-refractivity contribution in [1.29, 1.82) is 0 Å². The Bertz CT molecular complexity index is 1210. The third kappa shape index (κ3) is 9.37. The number of amides is 1. The number of ether oxygens (including phenoxy) is 1. The molecule has 198 valence electrons. The molecule has 38 heavy (non-hydrogen) atoms. The van der Waals surface area contributed by atoms with Gasteiger partial charge in [-0.3, -0.25) is 4.79 Å². The summed E-state index contributed by atoms with van der Waals surface area (Å²) < 4.78 is 5.77. The molecule has 0 aliphatic carbocycles. The molecular weight excluding hydrogens is 492 g/mol. The standard InChI is InChI=1S/C22H20ClNO2.C11H17N/c1-2-24(16-17-8-12-19(23)13-9-17)22(25)18-10-14-21(15-11-18)26-20-6-4-3-5-7-20;1-2-10(9-12)8-11-6-4-3-5-7-11/h3-15H,2,16H2,1H3;3-7,10H,2,8-9,12H2,1H3. The third-order valence-electron chi connectivity index (χ3n) is 6.31. The number of carbonyl (C=O) groups excluding carboxylic acids is 1. The number of hydrogen-bond acceptors (Lipinski definition) is 3. The van der Waals surface area contributed by atoms with Crippen molar-refractivity contribution in [1.82, 2.24) is 4.90 Å². The first-order valence-electron chi connectivity index (χ1n) is 13.1. The van der Waals surface area contributed by atoms with E-state index < -0.39 is 0 Å². The van der Waals surface area contributed by atoms with Gasteiger partial charge < -0.3 is 15.4 Å². The number of hydrogen-bond donors (Lipinski definition) is 1. The fourth-order valence-electron chi connectivity index (χ4n) is 3.95. The highest BCUT2D eigenvalue weighted by Gasteiger charge is 2.15. The van der Waals surface area contributed by atoms with Crippen LogP contribution in [0.5, 0.6) is 11.5 Å². The van der Waals surface area contributed by atoms with Crippen molar-refractivity contribution >= 4 is 17.5 Å². The monoisotopic (exact) mass is 528 g/mol. The maximum absolute atomic E-state index is 12.8. The molecule has 0 radical (unpaired) electrons. The smallest absolute Gasteiger partial charge is 0.254 e. The van der Waals surface area contributed by atoms with E-state index in [4.69, 9.17) is 22.1 Å². The Morgan fingerprint density at radius 1 is 0.789 bits per heavy atom. The van der Waals surface area contributed by atoms with Gasteiger partial charge in [0.25, 0.3) is 5.91 Å². The summed E-state index contributed by atoms with van der Waals surface area (Å²) in [5.74, 6) is 2.11. The maximum atomic E-state index is 12.8. The highest BCUT2D eigenvalue weighted by Crippen LogP contribution is 2.22. The molecule has 1 amide bonds. The number of benzene rings is 4. The maximum Gasteiger partial charge on any atom is 0.254 e. The minimum Gasteiger partial charge on any atom is -0.457 e. The fourth-order valence-corrected chi connectivity index (χ4v) is 4.08. The van der Waals surface area contributed by atoms with Crippen LogP contribution >= 0.6 is 11.6 Å². The Labute approximate surface area is 232 Å². The van der Waals surface area contributed by atoms with E-state index in [0.717, 1.165) is 24.3 Å². The average molecular weight is 529 g/mol. The van der Waals surface area contributed by atoms with Crippen molar-refractivity contribution in [2.75, 3.05) is 13.1 Å². The van der Waals surface area contributed by atoms with Crippen LogP contribution in [-0.2, 0) is 13.0 Å². The van der Waals surface area contributed by atoms with Crippen LogP contribution in [0.1, 0.15) is 41.8 Å². The third-order valence-corrected chi connectivity index (χ3v) is 6.57. The van der Waals surface area contributed by atoms with E-state index in [1.165, 1.54) is 12.0 Å². The van der Waals surface area contributed by atoms with Crippen LogP contribution < -0.4 is 10.5 Å². The largest absolute Gasteiger partial charge is 0.457 e. The second-order valence-corrected chi connectivity index (χ2v) is 9.52. The lowest BCUT2D eigenvalue weighted by molar-refractivity contribution is 0.0752. The molecule has 0 fully saturated rings. The molecule has 1 atom stereocenters. The van der Waals surface area contributed by atoms with Gasteiger partial charge in [0.1, 0.15) is 11.5 Å². The average Bonchev–Trinajstić information content (AvgIpc) is 2.97. The summed E-state index contributed by atoms with van der Waals surface area (Å²) in [6.45, 7) is 6.14. The number of nitrogens with zero attached hydrogens (tertiary/aromatic N) is 1. The Hall–Kier alpha value is -3.60. The minimum absolute atomic E-state index is 0.00582. The van der Waals surface area contributed by atoms with Crippen molar-refractivity contribution in [3.8, 4) is 11.5 Å². The lowest BCUT2D eigenvalue weighted by atomic mass is 9.97. The highest BCUT2D eigenvalue weighted by atomic mass is 35.5. The molecule has 1 unspecified atom stereocenters. The molecule has 0 saturated carbocycles. The number of carbonyl (C=O) groups is 1. The van der Waals surface area contributed by atoms with Gasteiger partial charge in [0.15, 0.2) is 0 Å². The van der Waals surface area contributed by atoms with E-state index in [2.05, 4.69) is 31.2 Å². The quantitative estimate of drug-likeness (QED) is 0.227. The van der Waals surface area contributed by atoms with Crippen molar-refractivity contribution in [2.24, 2.45) is 11.7 Å². The highest BCUT2D eigenvalue weighted by molar-refractivity contribution is 6.30. The topological polar surface area (TPSA) is 55.6 Å². The predicted molar refractivity (Wildman–Crippen MR) is 158 cm³/mol. The molecule has 4 aromatic rings. The van der Waals surface area contributed by atoms with Gasteiger partial charge in [0.2, 0.25) is 0 Å². The van der Waals surface area contributed by atoms with E-state index >= 15 is 0 Å². The normalized spacial score (nSPS) is 11.2. The number of halogens is 1. The molecular formula is C33H37ClN2O2. The van der Waals surface area contributed by atoms with Crippen LogP contribution in [0.3, 0.4) is 0 Å². The van der Waals surface area contributed by atoms with E-state index in [1.807, 2.05) is 79.7 Å². The minimum atomic E-state index is -0.00582. The van der Waals surface area contributed by atoms with Crippen LogP contribution in [0.2, 0.25) is 5.02 Å². The summed E-state index contributed by atoms with van der Waals surface area (Å²) in [6, 6.07) is 34.9. The second kappa shape index (κ2) is 15.6. The van der Waals surface area contributed by atoms with Crippen molar-refractivity contribution in [3.05, 3.63) is 131 Å². The molecule has 0 spiro atoms. The zero-order chi connectivity index (χ0) is 27.2. The number of nitrogens with two attached hydrogens (primary N) is 1. The molecule has 0 aromatic heterocycles. The van der Waals surface area contributed by atoms with Crippen LogP contribution in [0.4, 0.5) is 0 Å². The van der Waals surface area contributed by atoms with Gasteiger partial charge in [-0.1, -0.05) is 85.6 Å². The number of rotatable bonds is 10. The van der Waals surface area contributed by atoms with Gasteiger partial charge in [0.05, 0.1) is 0 Å². The SMILES string of the molecule is CCC(CN)Cc1ccccc1.CCN(Cc1ccc(Cl)cc1)C(=O)c1ccc(Oc2ccccc2)cc1. The van der Waals surface area contributed by atoms with Gasteiger partial charge in [-0.25, -0.2) is 0 Å². The molecule has 5 heteroatoms. The fraction of sp³-hybridized carbons (Fsp3) is 0.242. The second-order valence-electron chi connectivity index (χ2n) is 9.08. The zero-order valence-electron chi connectivity index (χ0n) is 22.2. The lowest BCUT2D eigenvalue weighted by Crippen LogP contribution is -2.30. The van der Waals surface area contributed by atoms with Gasteiger partial charge in [0, 0.05) is 23.7 Å². The first-order valence-corrected chi connectivity index (χ1v) is 13.5. The summed E-state index contributed by atoms with van der Waals surface area (Å²) in [4.78, 5) is 14.6. The Kier molecular flexibility index (Phi) is 11.9. The van der Waals surface area contributed by atoms with Crippen LogP contribution in [0.15, 0.2) is 109 Å². The molecule has 0 bridgehead atoms.